The second kappa shape index (κ2) is 5.37. The van der Waals surface area contributed by atoms with Crippen LogP contribution in [0.2, 0.25) is 0 Å². The summed E-state index contributed by atoms with van der Waals surface area (Å²) in [6, 6.07) is 5.29. The van der Waals surface area contributed by atoms with Gasteiger partial charge in [0.1, 0.15) is 6.10 Å². The van der Waals surface area contributed by atoms with Crippen molar-refractivity contribution in [3.8, 4) is 0 Å². The number of aromatic amines is 1. The quantitative estimate of drug-likeness (QED) is 0.653. The minimum absolute atomic E-state index is 0.0955. The van der Waals surface area contributed by atoms with E-state index in [0.717, 1.165) is 5.52 Å². The molecular formula is C15H19N3O3. The van der Waals surface area contributed by atoms with E-state index in [-0.39, 0.29) is 24.0 Å². The van der Waals surface area contributed by atoms with Crippen molar-refractivity contribution >= 4 is 22.6 Å². The van der Waals surface area contributed by atoms with Crippen molar-refractivity contribution in [3.05, 3.63) is 23.9 Å². The normalized spacial score (nSPS) is 25.9. The monoisotopic (exact) mass is 289 g/mol. The summed E-state index contributed by atoms with van der Waals surface area (Å²) >= 11 is 0. The number of nitrogens with zero attached hydrogens (tertiary/aromatic N) is 1. The number of benzene rings is 1. The van der Waals surface area contributed by atoms with Gasteiger partial charge in [-0.15, -0.1) is 0 Å². The van der Waals surface area contributed by atoms with Gasteiger partial charge in [0.05, 0.1) is 17.7 Å². The molecule has 112 valence electrons. The molecule has 2 unspecified atom stereocenters. The molecule has 0 amide bonds. The Labute approximate surface area is 122 Å². The van der Waals surface area contributed by atoms with Crippen molar-refractivity contribution in [2.45, 2.75) is 45.0 Å². The minimum atomic E-state index is -0.418. The van der Waals surface area contributed by atoms with Gasteiger partial charge in [0.2, 0.25) is 0 Å². The number of anilines is 1. The van der Waals surface area contributed by atoms with Crippen LogP contribution < -0.4 is 5.73 Å². The lowest BCUT2D eigenvalue weighted by molar-refractivity contribution is -0.0856. The van der Waals surface area contributed by atoms with Crippen molar-refractivity contribution in [1.29, 1.82) is 0 Å². The summed E-state index contributed by atoms with van der Waals surface area (Å²) in [5.74, 6) is -0.418. The van der Waals surface area contributed by atoms with Gasteiger partial charge in [-0.1, -0.05) is 0 Å². The number of nitrogens with one attached hydrogen (secondary N) is 1. The zero-order valence-electron chi connectivity index (χ0n) is 12.1. The first-order valence-electron chi connectivity index (χ1n) is 7.13. The van der Waals surface area contributed by atoms with E-state index in [0.29, 0.717) is 23.9 Å². The topological polar surface area (TPSA) is 90.2 Å². The first-order valence-corrected chi connectivity index (χ1v) is 7.13. The standard InChI is InChI=1S/C15H19N3O3/c1-8-5-11(6-9(2)20-8)21-15(19)14-12-7-10(16)3-4-13(12)17-18-14/h3-4,7-9,11H,5-6,16H2,1-2H3,(H,17,18). The van der Waals surface area contributed by atoms with Gasteiger partial charge in [-0.2, -0.15) is 5.10 Å². The van der Waals surface area contributed by atoms with Gasteiger partial charge < -0.3 is 15.2 Å². The molecule has 0 aliphatic carbocycles. The Balaban J connectivity index is 1.79. The molecule has 1 saturated heterocycles. The number of hydrogen-bond donors (Lipinski definition) is 2. The molecule has 0 saturated carbocycles. The van der Waals surface area contributed by atoms with E-state index in [9.17, 15) is 4.79 Å². The summed E-state index contributed by atoms with van der Waals surface area (Å²) < 4.78 is 11.2. The summed E-state index contributed by atoms with van der Waals surface area (Å²) in [6.45, 7) is 3.97. The van der Waals surface area contributed by atoms with Crippen LogP contribution in [0.3, 0.4) is 0 Å². The molecule has 6 nitrogen and oxygen atoms in total. The summed E-state index contributed by atoms with van der Waals surface area (Å²) in [7, 11) is 0. The molecule has 0 radical (unpaired) electrons. The first kappa shape index (κ1) is 13.9. The molecule has 2 aromatic rings. The van der Waals surface area contributed by atoms with E-state index in [2.05, 4.69) is 10.2 Å². The maximum absolute atomic E-state index is 12.3. The van der Waals surface area contributed by atoms with Crippen molar-refractivity contribution in [2.24, 2.45) is 0 Å². The minimum Gasteiger partial charge on any atom is -0.457 e. The molecule has 1 aliphatic rings. The van der Waals surface area contributed by atoms with Crippen LogP contribution in [0.4, 0.5) is 5.69 Å². The number of nitrogen functional groups attached to an aromatic ring is 1. The second-order valence-corrected chi connectivity index (χ2v) is 5.63. The predicted molar refractivity (Wildman–Crippen MR) is 79.0 cm³/mol. The molecule has 3 rings (SSSR count). The van der Waals surface area contributed by atoms with Gasteiger partial charge in [-0.05, 0) is 32.0 Å². The Hall–Kier alpha value is -2.08. The van der Waals surface area contributed by atoms with Crippen molar-refractivity contribution < 1.29 is 14.3 Å². The van der Waals surface area contributed by atoms with Crippen LogP contribution in [0, 0.1) is 0 Å². The largest absolute Gasteiger partial charge is 0.457 e. The van der Waals surface area contributed by atoms with Crippen molar-refractivity contribution in [1.82, 2.24) is 10.2 Å². The molecular weight excluding hydrogens is 270 g/mol. The highest BCUT2D eigenvalue weighted by Gasteiger charge is 2.28. The van der Waals surface area contributed by atoms with E-state index in [4.69, 9.17) is 15.2 Å². The smallest absolute Gasteiger partial charge is 0.359 e. The van der Waals surface area contributed by atoms with Gasteiger partial charge in [0, 0.05) is 23.9 Å². The molecule has 0 spiro atoms. The second-order valence-electron chi connectivity index (χ2n) is 5.63. The highest BCUT2D eigenvalue weighted by molar-refractivity contribution is 6.02. The highest BCUT2D eigenvalue weighted by Crippen LogP contribution is 2.24. The van der Waals surface area contributed by atoms with Gasteiger partial charge in [0.15, 0.2) is 5.69 Å². The summed E-state index contributed by atoms with van der Waals surface area (Å²) in [6.07, 6.45) is 1.47. The average Bonchev–Trinajstić information content (AvgIpc) is 2.80. The number of esters is 1. The molecule has 6 heteroatoms. The van der Waals surface area contributed by atoms with E-state index in [1.54, 1.807) is 18.2 Å². The van der Waals surface area contributed by atoms with Gasteiger partial charge in [-0.25, -0.2) is 4.79 Å². The van der Waals surface area contributed by atoms with Crippen LogP contribution in [0.25, 0.3) is 10.9 Å². The molecule has 2 atom stereocenters. The van der Waals surface area contributed by atoms with E-state index >= 15 is 0 Å². The lowest BCUT2D eigenvalue weighted by atomic mass is 10.0. The zero-order chi connectivity index (χ0) is 15.0. The number of hydrogen-bond acceptors (Lipinski definition) is 5. The maximum Gasteiger partial charge on any atom is 0.359 e. The number of aromatic nitrogens is 2. The fourth-order valence-corrected chi connectivity index (χ4v) is 2.83. The Morgan fingerprint density at radius 3 is 2.81 bits per heavy atom. The summed E-state index contributed by atoms with van der Waals surface area (Å²) in [5, 5.41) is 7.56. The van der Waals surface area contributed by atoms with Crippen LogP contribution in [-0.2, 0) is 9.47 Å². The fraction of sp³-hybridized carbons (Fsp3) is 0.467. The SMILES string of the molecule is CC1CC(OC(=O)c2n[nH]c3ccc(N)cc23)CC(C)O1. The molecule has 2 heterocycles. The summed E-state index contributed by atoms with van der Waals surface area (Å²) in [4.78, 5) is 12.3. The lowest BCUT2D eigenvalue weighted by Crippen LogP contribution is -2.35. The zero-order valence-corrected chi connectivity index (χ0v) is 12.1. The first-order chi connectivity index (χ1) is 10.0. The third kappa shape index (κ3) is 2.85. The Kier molecular flexibility index (Phi) is 3.55. The molecule has 0 bridgehead atoms. The number of carbonyl (C=O) groups excluding carboxylic acids is 1. The Morgan fingerprint density at radius 2 is 2.10 bits per heavy atom. The Morgan fingerprint density at radius 1 is 1.38 bits per heavy atom. The van der Waals surface area contributed by atoms with Crippen LogP contribution in [0.5, 0.6) is 0 Å². The number of rotatable bonds is 2. The number of H-pyrrole nitrogens is 1. The molecule has 1 aromatic carbocycles. The van der Waals surface area contributed by atoms with Crippen LogP contribution in [-0.4, -0.2) is 34.5 Å². The van der Waals surface area contributed by atoms with Crippen LogP contribution in [0.15, 0.2) is 18.2 Å². The summed E-state index contributed by atoms with van der Waals surface area (Å²) in [5.41, 5.74) is 7.40. The van der Waals surface area contributed by atoms with Crippen LogP contribution in [0.1, 0.15) is 37.2 Å². The molecule has 3 N–H and O–H groups in total. The van der Waals surface area contributed by atoms with E-state index < -0.39 is 5.97 Å². The lowest BCUT2D eigenvalue weighted by Gasteiger charge is -2.31. The van der Waals surface area contributed by atoms with Crippen molar-refractivity contribution in [3.63, 3.8) is 0 Å². The predicted octanol–water partition coefficient (Wildman–Crippen LogP) is 2.26. The highest BCUT2D eigenvalue weighted by atomic mass is 16.6. The molecule has 21 heavy (non-hydrogen) atoms. The molecule has 1 aromatic heterocycles. The van der Waals surface area contributed by atoms with E-state index in [1.807, 2.05) is 13.8 Å². The maximum atomic E-state index is 12.3. The number of ether oxygens (including phenoxy) is 2. The molecule has 1 fully saturated rings. The van der Waals surface area contributed by atoms with Crippen molar-refractivity contribution in [2.75, 3.05) is 5.73 Å². The van der Waals surface area contributed by atoms with Gasteiger partial charge in [-0.3, -0.25) is 5.10 Å². The fourth-order valence-electron chi connectivity index (χ4n) is 2.83. The third-order valence-corrected chi connectivity index (χ3v) is 3.71. The third-order valence-electron chi connectivity index (χ3n) is 3.71. The number of fused-ring (bicyclic) bond motifs is 1. The number of nitrogens with two attached hydrogens (primary N) is 1. The Bertz CT molecular complexity index is 657. The average molecular weight is 289 g/mol. The number of carbonyl (C=O) groups is 1. The molecule has 1 aliphatic heterocycles. The van der Waals surface area contributed by atoms with Crippen LogP contribution >= 0.6 is 0 Å². The van der Waals surface area contributed by atoms with Gasteiger partial charge in [0.25, 0.3) is 0 Å². The van der Waals surface area contributed by atoms with Gasteiger partial charge >= 0.3 is 5.97 Å². The van der Waals surface area contributed by atoms with E-state index in [1.165, 1.54) is 0 Å².